The van der Waals surface area contributed by atoms with Crippen LogP contribution in [0.5, 0.6) is 0 Å². The van der Waals surface area contributed by atoms with Gasteiger partial charge in [0.1, 0.15) is 0 Å². The zero-order valence-electron chi connectivity index (χ0n) is 8.18. The fourth-order valence-corrected chi connectivity index (χ4v) is 2.98. The molecule has 1 aliphatic rings. The average Bonchev–Trinajstić information content (AvgIpc) is 2.02. The van der Waals surface area contributed by atoms with Gasteiger partial charge < -0.3 is 0 Å². The van der Waals surface area contributed by atoms with Gasteiger partial charge in [0.25, 0.3) is 0 Å². The Morgan fingerprint density at radius 1 is 1.38 bits per heavy atom. The second-order valence-corrected chi connectivity index (χ2v) is 5.50. The lowest BCUT2D eigenvalue weighted by Crippen LogP contribution is -2.36. The summed E-state index contributed by atoms with van der Waals surface area (Å²) in [5.74, 6) is 0.906. The summed E-state index contributed by atoms with van der Waals surface area (Å²) in [4.78, 5) is 0. The van der Waals surface area contributed by atoms with Crippen LogP contribution >= 0.6 is 15.9 Å². The highest BCUT2D eigenvalue weighted by atomic mass is 79.9. The summed E-state index contributed by atoms with van der Waals surface area (Å²) in [5, 5.41) is 0. The van der Waals surface area contributed by atoms with Gasteiger partial charge in [-0.05, 0) is 41.9 Å². The van der Waals surface area contributed by atoms with Gasteiger partial charge in [0.2, 0.25) is 0 Å². The Hall–Kier alpha value is -0.300. The van der Waals surface area contributed by atoms with E-state index in [1.165, 1.54) is 22.9 Å². The molecule has 1 aromatic carbocycles. The molecule has 1 aliphatic carbocycles. The van der Waals surface area contributed by atoms with Gasteiger partial charge in [-0.15, -0.1) is 0 Å². The van der Waals surface area contributed by atoms with E-state index in [1.54, 1.807) is 0 Å². The van der Waals surface area contributed by atoms with Crippen molar-refractivity contribution in [2.45, 2.75) is 32.1 Å². The molecule has 1 fully saturated rings. The summed E-state index contributed by atoms with van der Waals surface area (Å²) in [6, 6.07) is 8.73. The van der Waals surface area contributed by atoms with Crippen molar-refractivity contribution < 1.29 is 0 Å². The maximum atomic E-state index is 3.52. The minimum atomic E-state index is 0.448. The summed E-state index contributed by atoms with van der Waals surface area (Å²) in [6.45, 7) is 4.70. The lowest BCUT2D eigenvalue weighted by molar-refractivity contribution is 0.177. The third-order valence-electron chi connectivity index (χ3n) is 3.12. The Bertz CT molecular complexity index is 311. The molecule has 0 N–H and O–H groups in total. The van der Waals surface area contributed by atoms with Crippen molar-refractivity contribution in [3.05, 3.63) is 34.3 Å². The van der Waals surface area contributed by atoms with Gasteiger partial charge >= 0.3 is 0 Å². The van der Waals surface area contributed by atoms with Crippen molar-refractivity contribution in [2.24, 2.45) is 5.92 Å². The average molecular weight is 239 g/mol. The maximum Gasteiger partial charge on any atom is 0.0178 e. The lowest BCUT2D eigenvalue weighted by Gasteiger charge is -2.44. The lowest BCUT2D eigenvalue weighted by atomic mass is 9.60. The summed E-state index contributed by atoms with van der Waals surface area (Å²) >= 11 is 3.52. The van der Waals surface area contributed by atoms with Crippen LogP contribution in [0.4, 0.5) is 0 Å². The van der Waals surface area contributed by atoms with Gasteiger partial charge in [0.15, 0.2) is 0 Å². The summed E-state index contributed by atoms with van der Waals surface area (Å²) in [7, 11) is 0. The van der Waals surface area contributed by atoms with E-state index in [-0.39, 0.29) is 0 Å². The van der Waals surface area contributed by atoms with Crippen molar-refractivity contribution in [3.8, 4) is 0 Å². The van der Waals surface area contributed by atoms with Crippen molar-refractivity contribution >= 4 is 15.9 Å². The molecule has 0 aromatic heterocycles. The molecule has 0 spiro atoms. The van der Waals surface area contributed by atoms with E-state index in [2.05, 4.69) is 54.0 Å². The van der Waals surface area contributed by atoms with E-state index < -0.39 is 0 Å². The normalized spacial score (nSPS) is 32.7. The van der Waals surface area contributed by atoms with Crippen molar-refractivity contribution in [2.75, 3.05) is 0 Å². The molecule has 1 heteroatoms. The second-order valence-electron chi connectivity index (χ2n) is 4.58. The number of halogens is 1. The number of rotatable bonds is 1. The second kappa shape index (κ2) is 3.13. The van der Waals surface area contributed by atoms with E-state index in [9.17, 15) is 0 Å². The van der Waals surface area contributed by atoms with Crippen LogP contribution in [0.15, 0.2) is 28.7 Å². The fourth-order valence-electron chi connectivity index (χ4n) is 2.58. The van der Waals surface area contributed by atoms with Crippen LogP contribution in [0, 0.1) is 5.92 Å². The van der Waals surface area contributed by atoms with Gasteiger partial charge in [-0.25, -0.2) is 0 Å². The molecular formula is C12H15Br. The molecule has 0 aliphatic heterocycles. The van der Waals surface area contributed by atoms with E-state index >= 15 is 0 Å². The zero-order chi connectivity index (χ0) is 9.47. The van der Waals surface area contributed by atoms with Gasteiger partial charge in [-0.2, -0.15) is 0 Å². The van der Waals surface area contributed by atoms with Crippen LogP contribution in [0.1, 0.15) is 32.3 Å². The Morgan fingerprint density at radius 2 is 2.08 bits per heavy atom. The topological polar surface area (TPSA) is 0 Å². The van der Waals surface area contributed by atoms with Gasteiger partial charge in [0.05, 0.1) is 0 Å². The Kier molecular flexibility index (Phi) is 2.23. The van der Waals surface area contributed by atoms with E-state index in [0.29, 0.717) is 5.41 Å². The molecule has 0 radical (unpaired) electrons. The first kappa shape index (κ1) is 9.26. The van der Waals surface area contributed by atoms with Crippen LogP contribution in [0.3, 0.4) is 0 Å². The molecule has 2 rings (SSSR count). The Labute approximate surface area is 88.5 Å². The van der Waals surface area contributed by atoms with Crippen molar-refractivity contribution in [1.82, 2.24) is 0 Å². The highest BCUT2D eigenvalue weighted by Crippen LogP contribution is 2.47. The number of benzene rings is 1. The smallest absolute Gasteiger partial charge is 0.0178 e. The van der Waals surface area contributed by atoms with E-state index in [1.807, 2.05) is 0 Å². The molecule has 0 heterocycles. The molecular weight excluding hydrogens is 224 g/mol. The highest BCUT2D eigenvalue weighted by Gasteiger charge is 2.38. The monoisotopic (exact) mass is 238 g/mol. The first-order valence-electron chi connectivity index (χ1n) is 4.86. The molecule has 0 nitrogen and oxygen atoms in total. The SMILES string of the molecule is CC1CC(C)(c2cccc(Br)c2)C1. The van der Waals surface area contributed by atoms with Crippen molar-refractivity contribution in [1.29, 1.82) is 0 Å². The first-order valence-corrected chi connectivity index (χ1v) is 5.65. The van der Waals surface area contributed by atoms with Gasteiger partial charge in [-0.1, -0.05) is 41.9 Å². The van der Waals surface area contributed by atoms with Crippen LogP contribution in [0.25, 0.3) is 0 Å². The largest absolute Gasteiger partial charge is 0.0624 e. The summed E-state index contributed by atoms with van der Waals surface area (Å²) in [5.41, 5.74) is 1.93. The van der Waals surface area contributed by atoms with E-state index in [0.717, 1.165) is 5.92 Å². The predicted molar refractivity (Wildman–Crippen MR) is 59.9 cm³/mol. The number of hydrogen-bond acceptors (Lipinski definition) is 0. The Balaban J connectivity index is 2.26. The van der Waals surface area contributed by atoms with E-state index in [4.69, 9.17) is 0 Å². The van der Waals surface area contributed by atoms with Crippen LogP contribution in [-0.2, 0) is 5.41 Å². The highest BCUT2D eigenvalue weighted by molar-refractivity contribution is 9.10. The quantitative estimate of drug-likeness (QED) is 0.691. The molecule has 0 saturated heterocycles. The van der Waals surface area contributed by atoms with Crippen LogP contribution in [-0.4, -0.2) is 0 Å². The molecule has 0 amide bonds. The minimum absolute atomic E-state index is 0.448. The Morgan fingerprint density at radius 3 is 2.62 bits per heavy atom. The zero-order valence-corrected chi connectivity index (χ0v) is 9.76. The molecule has 0 unspecified atom stereocenters. The third-order valence-corrected chi connectivity index (χ3v) is 3.61. The number of hydrogen-bond donors (Lipinski definition) is 0. The van der Waals surface area contributed by atoms with Gasteiger partial charge in [0, 0.05) is 4.47 Å². The van der Waals surface area contributed by atoms with Crippen LogP contribution in [0.2, 0.25) is 0 Å². The van der Waals surface area contributed by atoms with Crippen molar-refractivity contribution in [3.63, 3.8) is 0 Å². The molecule has 1 saturated carbocycles. The first-order chi connectivity index (χ1) is 6.10. The molecule has 13 heavy (non-hydrogen) atoms. The molecule has 0 atom stereocenters. The molecule has 1 aromatic rings. The summed E-state index contributed by atoms with van der Waals surface area (Å²) < 4.78 is 1.20. The summed E-state index contributed by atoms with van der Waals surface area (Å²) in [6.07, 6.45) is 2.67. The maximum absolute atomic E-state index is 3.52. The standard InChI is InChI=1S/C12H15Br/c1-9-7-12(2,8-9)10-4-3-5-11(13)6-10/h3-6,9H,7-8H2,1-2H3. The minimum Gasteiger partial charge on any atom is -0.0624 e. The van der Waals surface area contributed by atoms with Gasteiger partial charge in [-0.3, -0.25) is 0 Å². The van der Waals surface area contributed by atoms with Crippen LogP contribution < -0.4 is 0 Å². The third kappa shape index (κ3) is 1.67. The fraction of sp³-hybridized carbons (Fsp3) is 0.500. The molecule has 0 bridgehead atoms. The molecule has 70 valence electrons. The predicted octanol–water partition coefficient (Wildman–Crippen LogP) is 4.14.